The smallest absolute Gasteiger partial charge is 0.221 e. The number of hydrogen-bond donors (Lipinski definition) is 1. The maximum absolute atomic E-state index is 11.9. The third kappa shape index (κ3) is 5.20. The summed E-state index contributed by atoms with van der Waals surface area (Å²) in [5, 5.41) is 3.56. The highest BCUT2D eigenvalue weighted by atomic mass is 35.5. The number of amides is 1. The van der Waals surface area contributed by atoms with Gasteiger partial charge in [0.15, 0.2) is 0 Å². The van der Waals surface area contributed by atoms with Crippen LogP contribution in [0, 0.1) is 6.92 Å². The summed E-state index contributed by atoms with van der Waals surface area (Å²) in [5.74, 6) is 1.83. The molecule has 1 aromatic carbocycles. The van der Waals surface area contributed by atoms with E-state index in [1.54, 1.807) is 0 Å². The molecule has 1 aromatic heterocycles. The van der Waals surface area contributed by atoms with Crippen molar-refractivity contribution in [2.24, 2.45) is 0 Å². The van der Waals surface area contributed by atoms with Crippen LogP contribution in [-0.4, -0.2) is 24.4 Å². The van der Waals surface area contributed by atoms with Crippen LogP contribution in [0.2, 0.25) is 5.02 Å². The number of rotatable bonds is 7. The van der Waals surface area contributed by atoms with E-state index in [1.165, 1.54) is 0 Å². The highest BCUT2D eigenvalue weighted by Gasteiger charge is 2.08. The Kier molecular flexibility index (Phi) is 6.04. The van der Waals surface area contributed by atoms with Gasteiger partial charge in [-0.3, -0.25) is 9.69 Å². The second kappa shape index (κ2) is 8.01. The molecule has 1 heterocycles. The summed E-state index contributed by atoms with van der Waals surface area (Å²) in [6.45, 7) is 3.75. The van der Waals surface area contributed by atoms with E-state index in [1.807, 2.05) is 50.4 Å². The second-order valence-electron chi connectivity index (χ2n) is 5.37. The van der Waals surface area contributed by atoms with Crippen molar-refractivity contribution in [3.05, 3.63) is 58.5 Å². The van der Waals surface area contributed by atoms with Crippen molar-refractivity contribution in [3.63, 3.8) is 0 Å². The summed E-state index contributed by atoms with van der Waals surface area (Å²) in [4.78, 5) is 13.9. The van der Waals surface area contributed by atoms with Crippen LogP contribution < -0.4 is 5.32 Å². The van der Waals surface area contributed by atoms with Crippen LogP contribution in [0.3, 0.4) is 0 Å². The minimum Gasteiger partial charge on any atom is -0.465 e. The number of nitrogens with one attached hydrogen (secondary N) is 1. The van der Waals surface area contributed by atoms with Crippen LogP contribution in [0.4, 0.5) is 0 Å². The summed E-state index contributed by atoms with van der Waals surface area (Å²) >= 11 is 6.06. The predicted molar refractivity (Wildman–Crippen MR) is 87.7 cm³/mol. The van der Waals surface area contributed by atoms with Gasteiger partial charge in [0.1, 0.15) is 11.5 Å². The third-order valence-corrected chi connectivity index (χ3v) is 3.74. The van der Waals surface area contributed by atoms with Crippen LogP contribution in [0.25, 0.3) is 0 Å². The van der Waals surface area contributed by atoms with E-state index in [-0.39, 0.29) is 5.91 Å². The molecule has 118 valence electrons. The highest BCUT2D eigenvalue weighted by molar-refractivity contribution is 6.31. The molecule has 0 atom stereocenters. The molecular formula is C17H21ClN2O2. The number of furan rings is 1. The molecule has 2 rings (SSSR count). The molecule has 4 nitrogen and oxygen atoms in total. The summed E-state index contributed by atoms with van der Waals surface area (Å²) < 4.78 is 5.52. The number of aryl methyl sites for hydroxylation is 1. The van der Waals surface area contributed by atoms with Gasteiger partial charge < -0.3 is 9.73 Å². The number of carbonyl (C=O) groups is 1. The van der Waals surface area contributed by atoms with Gasteiger partial charge in [-0.1, -0.05) is 29.8 Å². The number of nitrogens with zero attached hydrogens (tertiary/aromatic N) is 1. The van der Waals surface area contributed by atoms with E-state index < -0.39 is 0 Å². The summed E-state index contributed by atoms with van der Waals surface area (Å²) in [6.07, 6.45) is 0.445. The Hall–Kier alpha value is -1.78. The van der Waals surface area contributed by atoms with Crippen LogP contribution in [0.5, 0.6) is 0 Å². The van der Waals surface area contributed by atoms with Gasteiger partial charge in [-0.2, -0.15) is 0 Å². The molecule has 0 saturated heterocycles. The van der Waals surface area contributed by atoms with Gasteiger partial charge >= 0.3 is 0 Å². The van der Waals surface area contributed by atoms with Crippen LogP contribution >= 0.6 is 11.6 Å². The average molecular weight is 321 g/mol. The quantitative estimate of drug-likeness (QED) is 0.850. The molecule has 0 bridgehead atoms. The molecular weight excluding hydrogens is 300 g/mol. The third-order valence-electron chi connectivity index (χ3n) is 3.38. The SMILES string of the molecule is Cc1ccc(CN(C)CCC(=O)NCc2ccccc2Cl)o1. The Bertz CT molecular complexity index is 625. The normalized spacial score (nSPS) is 10.9. The lowest BCUT2D eigenvalue weighted by Gasteiger charge is -2.15. The summed E-state index contributed by atoms with van der Waals surface area (Å²) in [6, 6.07) is 11.4. The van der Waals surface area contributed by atoms with Gasteiger partial charge in [0, 0.05) is 24.5 Å². The van der Waals surface area contributed by atoms with Crippen LogP contribution in [-0.2, 0) is 17.9 Å². The highest BCUT2D eigenvalue weighted by Crippen LogP contribution is 2.14. The Morgan fingerprint density at radius 1 is 1.27 bits per heavy atom. The summed E-state index contributed by atoms with van der Waals surface area (Å²) in [5.41, 5.74) is 0.928. The number of carbonyl (C=O) groups excluding carboxylic acids is 1. The van der Waals surface area contributed by atoms with Crippen LogP contribution in [0.15, 0.2) is 40.8 Å². The Morgan fingerprint density at radius 3 is 2.73 bits per heavy atom. The predicted octanol–water partition coefficient (Wildman–Crippen LogP) is 3.38. The molecule has 1 N–H and O–H groups in total. The van der Waals surface area contributed by atoms with Crippen molar-refractivity contribution in [1.29, 1.82) is 0 Å². The maximum Gasteiger partial charge on any atom is 0.221 e. The van der Waals surface area contributed by atoms with Crippen molar-refractivity contribution >= 4 is 17.5 Å². The molecule has 0 fully saturated rings. The first-order valence-electron chi connectivity index (χ1n) is 7.28. The molecule has 0 radical (unpaired) electrons. The average Bonchev–Trinajstić information content (AvgIpc) is 2.89. The van der Waals surface area contributed by atoms with E-state index in [0.29, 0.717) is 31.1 Å². The Labute approximate surface area is 136 Å². The zero-order valence-corrected chi connectivity index (χ0v) is 13.7. The monoisotopic (exact) mass is 320 g/mol. The molecule has 0 aliphatic heterocycles. The summed E-state index contributed by atoms with van der Waals surface area (Å²) in [7, 11) is 1.97. The first-order chi connectivity index (χ1) is 10.5. The van der Waals surface area contributed by atoms with Gasteiger partial charge in [0.25, 0.3) is 0 Å². The van der Waals surface area contributed by atoms with Gasteiger partial charge in [-0.15, -0.1) is 0 Å². The fourth-order valence-electron chi connectivity index (χ4n) is 2.13. The molecule has 0 aliphatic rings. The molecule has 0 spiro atoms. The van der Waals surface area contributed by atoms with Crippen molar-refractivity contribution in [2.75, 3.05) is 13.6 Å². The largest absolute Gasteiger partial charge is 0.465 e. The lowest BCUT2D eigenvalue weighted by Crippen LogP contribution is -2.28. The zero-order chi connectivity index (χ0) is 15.9. The number of halogens is 1. The fourth-order valence-corrected chi connectivity index (χ4v) is 2.33. The first-order valence-corrected chi connectivity index (χ1v) is 7.66. The van der Waals surface area contributed by atoms with Gasteiger partial charge in [0.05, 0.1) is 6.54 Å². The topological polar surface area (TPSA) is 45.5 Å². The minimum atomic E-state index is 0.0161. The molecule has 1 amide bonds. The molecule has 0 aliphatic carbocycles. The first kappa shape index (κ1) is 16.6. The van der Waals surface area contributed by atoms with E-state index >= 15 is 0 Å². The minimum absolute atomic E-state index is 0.0161. The Balaban J connectivity index is 1.70. The molecule has 2 aromatic rings. The number of benzene rings is 1. The van der Waals surface area contributed by atoms with Crippen molar-refractivity contribution in [1.82, 2.24) is 10.2 Å². The van der Waals surface area contributed by atoms with Crippen LogP contribution in [0.1, 0.15) is 23.5 Å². The van der Waals surface area contributed by atoms with E-state index in [2.05, 4.69) is 10.2 Å². The lowest BCUT2D eigenvalue weighted by molar-refractivity contribution is -0.121. The van der Waals surface area contributed by atoms with Crippen molar-refractivity contribution in [3.8, 4) is 0 Å². The van der Waals surface area contributed by atoms with Crippen molar-refractivity contribution < 1.29 is 9.21 Å². The standard InChI is InChI=1S/C17H21ClN2O2/c1-13-7-8-15(22-13)12-20(2)10-9-17(21)19-11-14-5-3-4-6-16(14)18/h3-8H,9-12H2,1-2H3,(H,19,21). The van der Waals surface area contributed by atoms with E-state index in [0.717, 1.165) is 17.1 Å². The number of hydrogen-bond acceptors (Lipinski definition) is 3. The van der Waals surface area contributed by atoms with Crippen molar-refractivity contribution in [2.45, 2.75) is 26.4 Å². The maximum atomic E-state index is 11.9. The molecule has 5 heteroatoms. The molecule has 0 unspecified atom stereocenters. The Morgan fingerprint density at radius 2 is 2.05 bits per heavy atom. The van der Waals surface area contributed by atoms with E-state index in [9.17, 15) is 4.79 Å². The molecule has 0 saturated carbocycles. The molecule has 22 heavy (non-hydrogen) atoms. The lowest BCUT2D eigenvalue weighted by atomic mass is 10.2. The second-order valence-corrected chi connectivity index (χ2v) is 5.78. The zero-order valence-electron chi connectivity index (χ0n) is 12.9. The van der Waals surface area contributed by atoms with Gasteiger partial charge in [-0.25, -0.2) is 0 Å². The van der Waals surface area contributed by atoms with Gasteiger partial charge in [0.2, 0.25) is 5.91 Å². The van der Waals surface area contributed by atoms with E-state index in [4.69, 9.17) is 16.0 Å². The fraction of sp³-hybridized carbons (Fsp3) is 0.353. The van der Waals surface area contributed by atoms with Gasteiger partial charge in [-0.05, 0) is 37.7 Å².